The summed E-state index contributed by atoms with van der Waals surface area (Å²) in [6.45, 7) is 5.75. The summed E-state index contributed by atoms with van der Waals surface area (Å²) >= 11 is 0. The lowest BCUT2D eigenvalue weighted by Gasteiger charge is -2.33. The molecule has 1 aromatic carbocycles. The van der Waals surface area contributed by atoms with Gasteiger partial charge < -0.3 is 14.6 Å². The zero-order valence-corrected chi connectivity index (χ0v) is 12.7. The molecule has 4 heteroatoms. The summed E-state index contributed by atoms with van der Waals surface area (Å²) < 4.78 is 10.2. The maximum absolute atomic E-state index is 12.1. The first kappa shape index (κ1) is 16.5. The lowest BCUT2D eigenvalue weighted by atomic mass is 9.78. The van der Waals surface area contributed by atoms with Crippen LogP contribution < -0.4 is 4.74 Å². The van der Waals surface area contributed by atoms with E-state index in [0.717, 1.165) is 11.3 Å². The van der Waals surface area contributed by atoms with Crippen LogP contribution in [0.2, 0.25) is 0 Å². The smallest absolute Gasteiger partial charge is 0.338 e. The summed E-state index contributed by atoms with van der Waals surface area (Å²) in [4.78, 5) is 12.1. The number of benzene rings is 1. The number of esters is 1. The Bertz CT molecular complexity index is 427. The van der Waals surface area contributed by atoms with Crippen LogP contribution in [0.1, 0.15) is 45.1 Å². The molecular weight excluding hydrogens is 256 g/mol. The van der Waals surface area contributed by atoms with E-state index in [2.05, 4.69) is 0 Å². The summed E-state index contributed by atoms with van der Waals surface area (Å²) in [6.07, 6.45) is 0.964. The van der Waals surface area contributed by atoms with Crippen molar-refractivity contribution < 1.29 is 19.4 Å². The molecular formula is C16H24O4. The fraction of sp³-hybridized carbons (Fsp3) is 0.562. The molecule has 20 heavy (non-hydrogen) atoms. The summed E-state index contributed by atoms with van der Waals surface area (Å²) in [5.74, 6) is -0.0950. The predicted octanol–water partition coefficient (Wildman–Crippen LogP) is 2.89. The molecule has 0 aromatic heterocycles. The molecule has 1 aromatic rings. The highest BCUT2D eigenvalue weighted by Gasteiger charge is 2.43. The Balaban J connectivity index is 3.10. The van der Waals surface area contributed by atoms with Crippen LogP contribution in [0.5, 0.6) is 5.75 Å². The third-order valence-electron chi connectivity index (χ3n) is 3.67. The van der Waals surface area contributed by atoms with Crippen molar-refractivity contribution in [2.45, 2.75) is 45.1 Å². The number of carbonyl (C=O) groups is 1. The average molecular weight is 280 g/mol. The maximum atomic E-state index is 12.1. The zero-order valence-electron chi connectivity index (χ0n) is 12.7. The number of hydrogen-bond donors (Lipinski definition) is 1. The zero-order chi connectivity index (χ0) is 15.2. The van der Waals surface area contributed by atoms with E-state index in [0.29, 0.717) is 12.8 Å². The monoisotopic (exact) mass is 280 g/mol. The standard InChI is InChI=1S/C16H24O4/c1-5-14(12-8-10-13(19-4)11-9-12)16(18,6-2)15(17)20-7-3/h8-11,14,18H,5-7H2,1-4H3. The van der Waals surface area contributed by atoms with Gasteiger partial charge in [-0.2, -0.15) is 0 Å². The Morgan fingerprint density at radius 3 is 2.25 bits per heavy atom. The Labute approximate surface area is 120 Å². The van der Waals surface area contributed by atoms with Crippen LogP contribution >= 0.6 is 0 Å². The van der Waals surface area contributed by atoms with Crippen LogP contribution in [0.4, 0.5) is 0 Å². The van der Waals surface area contributed by atoms with Gasteiger partial charge in [-0.1, -0.05) is 26.0 Å². The fourth-order valence-corrected chi connectivity index (χ4v) is 2.47. The first-order valence-corrected chi connectivity index (χ1v) is 7.06. The molecule has 112 valence electrons. The van der Waals surface area contributed by atoms with Crippen molar-refractivity contribution >= 4 is 5.97 Å². The molecule has 1 N–H and O–H groups in total. The van der Waals surface area contributed by atoms with Crippen molar-refractivity contribution in [1.29, 1.82) is 0 Å². The third kappa shape index (κ3) is 3.31. The van der Waals surface area contributed by atoms with Crippen molar-refractivity contribution in [2.75, 3.05) is 13.7 Å². The van der Waals surface area contributed by atoms with E-state index in [1.807, 2.05) is 31.2 Å². The van der Waals surface area contributed by atoms with E-state index in [9.17, 15) is 9.90 Å². The molecule has 4 nitrogen and oxygen atoms in total. The molecule has 0 saturated heterocycles. The van der Waals surface area contributed by atoms with Crippen molar-refractivity contribution in [1.82, 2.24) is 0 Å². The second-order valence-corrected chi connectivity index (χ2v) is 4.73. The molecule has 0 spiro atoms. The van der Waals surface area contributed by atoms with Crippen molar-refractivity contribution in [3.05, 3.63) is 29.8 Å². The van der Waals surface area contributed by atoms with E-state index in [1.165, 1.54) is 0 Å². The largest absolute Gasteiger partial charge is 0.497 e. The number of hydrogen-bond acceptors (Lipinski definition) is 4. The fourth-order valence-electron chi connectivity index (χ4n) is 2.47. The van der Waals surface area contributed by atoms with E-state index >= 15 is 0 Å². The van der Waals surface area contributed by atoms with Gasteiger partial charge in [0, 0.05) is 5.92 Å². The Hall–Kier alpha value is -1.55. The summed E-state index contributed by atoms with van der Waals surface area (Å²) in [5.41, 5.74) is -0.579. The van der Waals surface area contributed by atoms with Crippen molar-refractivity contribution in [3.8, 4) is 5.75 Å². The van der Waals surface area contributed by atoms with E-state index in [-0.39, 0.29) is 12.5 Å². The second kappa shape index (κ2) is 7.29. The SMILES string of the molecule is CCOC(=O)C(O)(CC)C(CC)c1ccc(OC)cc1. The molecule has 0 aliphatic rings. The van der Waals surface area contributed by atoms with Gasteiger partial charge in [0.2, 0.25) is 0 Å². The first-order chi connectivity index (χ1) is 9.53. The number of carbonyl (C=O) groups excluding carboxylic acids is 1. The molecule has 0 aliphatic carbocycles. The van der Waals surface area contributed by atoms with Crippen molar-refractivity contribution in [3.63, 3.8) is 0 Å². The summed E-state index contributed by atoms with van der Waals surface area (Å²) in [6, 6.07) is 7.43. The number of methoxy groups -OCH3 is 1. The van der Waals surface area contributed by atoms with Crippen LogP contribution in [0.3, 0.4) is 0 Å². The van der Waals surface area contributed by atoms with Crippen LogP contribution in [0.25, 0.3) is 0 Å². The predicted molar refractivity (Wildman–Crippen MR) is 77.9 cm³/mol. The Morgan fingerprint density at radius 1 is 1.25 bits per heavy atom. The van der Waals surface area contributed by atoms with Crippen LogP contribution in [-0.4, -0.2) is 30.4 Å². The summed E-state index contributed by atoms with van der Waals surface area (Å²) in [7, 11) is 1.60. The van der Waals surface area contributed by atoms with Gasteiger partial charge in [-0.25, -0.2) is 4.79 Å². The van der Waals surface area contributed by atoms with Gasteiger partial charge in [-0.15, -0.1) is 0 Å². The van der Waals surface area contributed by atoms with E-state index < -0.39 is 11.6 Å². The molecule has 2 unspecified atom stereocenters. The van der Waals surface area contributed by atoms with Gasteiger partial charge in [-0.3, -0.25) is 0 Å². The Morgan fingerprint density at radius 2 is 1.85 bits per heavy atom. The molecule has 0 saturated carbocycles. The van der Waals surface area contributed by atoms with Gasteiger partial charge in [0.25, 0.3) is 0 Å². The number of ether oxygens (including phenoxy) is 2. The van der Waals surface area contributed by atoms with Crippen LogP contribution in [0, 0.1) is 0 Å². The van der Waals surface area contributed by atoms with Gasteiger partial charge in [0.1, 0.15) is 5.75 Å². The van der Waals surface area contributed by atoms with Crippen LogP contribution in [0.15, 0.2) is 24.3 Å². The third-order valence-corrected chi connectivity index (χ3v) is 3.67. The minimum Gasteiger partial charge on any atom is -0.497 e. The molecule has 0 bridgehead atoms. The molecule has 0 fully saturated rings. The van der Waals surface area contributed by atoms with Gasteiger partial charge in [0.05, 0.1) is 13.7 Å². The highest BCUT2D eigenvalue weighted by atomic mass is 16.5. The average Bonchev–Trinajstić information content (AvgIpc) is 2.48. The lowest BCUT2D eigenvalue weighted by molar-refractivity contribution is -0.168. The van der Waals surface area contributed by atoms with E-state index in [4.69, 9.17) is 9.47 Å². The lowest BCUT2D eigenvalue weighted by Crippen LogP contribution is -2.45. The molecule has 0 amide bonds. The molecule has 0 aliphatic heterocycles. The highest BCUT2D eigenvalue weighted by molar-refractivity contribution is 5.80. The highest BCUT2D eigenvalue weighted by Crippen LogP contribution is 2.35. The number of aliphatic hydroxyl groups is 1. The molecule has 0 heterocycles. The molecule has 1 rings (SSSR count). The second-order valence-electron chi connectivity index (χ2n) is 4.73. The molecule has 0 radical (unpaired) electrons. The molecule has 2 atom stereocenters. The first-order valence-electron chi connectivity index (χ1n) is 7.06. The van der Waals surface area contributed by atoms with E-state index in [1.54, 1.807) is 21.0 Å². The quantitative estimate of drug-likeness (QED) is 0.780. The van der Waals surface area contributed by atoms with Gasteiger partial charge in [0.15, 0.2) is 5.60 Å². The minimum atomic E-state index is -1.49. The number of rotatable bonds is 7. The maximum Gasteiger partial charge on any atom is 0.338 e. The minimum absolute atomic E-state index is 0.264. The van der Waals surface area contributed by atoms with Crippen LogP contribution in [-0.2, 0) is 9.53 Å². The summed E-state index contributed by atoms with van der Waals surface area (Å²) in [5, 5.41) is 10.8. The van der Waals surface area contributed by atoms with Gasteiger partial charge in [-0.05, 0) is 37.5 Å². The normalized spacial score (nSPS) is 15.2. The topological polar surface area (TPSA) is 55.8 Å². The Kier molecular flexibility index (Phi) is 6.02. The van der Waals surface area contributed by atoms with Crippen molar-refractivity contribution in [2.24, 2.45) is 0 Å². The van der Waals surface area contributed by atoms with Gasteiger partial charge >= 0.3 is 5.97 Å².